The average Bonchev–Trinajstić information content (AvgIpc) is 2.65. The van der Waals surface area contributed by atoms with Crippen LogP contribution in [0.4, 0.5) is 11.4 Å². The fourth-order valence-corrected chi connectivity index (χ4v) is 3.91. The lowest BCUT2D eigenvalue weighted by Crippen LogP contribution is -2.35. The molecule has 1 atom stereocenters. The number of aryl methyl sites for hydroxylation is 1. The van der Waals surface area contributed by atoms with E-state index in [1.165, 1.54) is 72.4 Å². The highest BCUT2D eigenvalue weighted by molar-refractivity contribution is 5.76. The molecule has 0 aromatic heterocycles. The molecule has 1 unspecified atom stereocenters. The van der Waals surface area contributed by atoms with Crippen molar-refractivity contribution in [3.63, 3.8) is 0 Å². The minimum absolute atomic E-state index is 0.796. The van der Waals surface area contributed by atoms with Gasteiger partial charge in [-0.1, -0.05) is 44.9 Å². The van der Waals surface area contributed by atoms with Crippen LogP contribution in [0.1, 0.15) is 44.2 Å². The zero-order valence-corrected chi connectivity index (χ0v) is 16.2. The molecule has 0 saturated carbocycles. The minimum atomic E-state index is 0.796. The quantitative estimate of drug-likeness (QED) is 0.707. The lowest BCUT2D eigenvalue weighted by Gasteiger charge is -2.36. The zero-order valence-electron chi connectivity index (χ0n) is 16.2. The Morgan fingerprint density at radius 3 is 2.68 bits per heavy atom. The van der Waals surface area contributed by atoms with Crippen molar-refractivity contribution in [1.82, 2.24) is 0 Å². The van der Waals surface area contributed by atoms with E-state index >= 15 is 0 Å². The van der Waals surface area contributed by atoms with E-state index in [-0.39, 0.29) is 0 Å². The van der Waals surface area contributed by atoms with Crippen molar-refractivity contribution in [2.24, 2.45) is 5.92 Å². The van der Waals surface area contributed by atoms with E-state index in [2.05, 4.69) is 67.4 Å². The lowest BCUT2D eigenvalue weighted by molar-refractivity contribution is 0.472. The average molecular weight is 337 g/mol. The number of benzene rings is 2. The molecule has 1 N–H and O–H groups in total. The van der Waals surface area contributed by atoms with Gasteiger partial charge in [0, 0.05) is 31.5 Å². The van der Waals surface area contributed by atoms with E-state index in [0.717, 1.165) is 5.92 Å². The first kappa shape index (κ1) is 17.8. The molecule has 25 heavy (non-hydrogen) atoms. The highest BCUT2D eigenvalue weighted by Gasteiger charge is 2.23. The third kappa shape index (κ3) is 3.84. The summed E-state index contributed by atoms with van der Waals surface area (Å²) in [5.41, 5.74) is 8.17. The number of nitrogens with one attached hydrogen (secondary N) is 1. The van der Waals surface area contributed by atoms with Crippen molar-refractivity contribution in [2.45, 2.75) is 46.5 Å². The van der Waals surface area contributed by atoms with Gasteiger partial charge in [-0.3, -0.25) is 0 Å². The van der Waals surface area contributed by atoms with Crippen LogP contribution in [-0.2, 0) is 6.42 Å². The van der Waals surface area contributed by atoms with Gasteiger partial charge in [0.1, 0.15) is 0 Å². The largest absolute Gasteiger partial charge is 0.388 e. The molecule has 0 aliphatic carbocycles. The van der Waals surface area contributed by atoms with Gasteiger partial charge in [-0.15, -0.1) is 0 Å². The fourth-order valence-electron chi connectivity index (χ4n) is 3.91. The first-order valence-electron chi connectivity index (χ1n) is 9.82. The summed E-state index contributed by atoms with van der Waals surface area (Å²) in [5, 5.41) is 3.27. The van der Waals surface area contributed by atoms with Gasteiger partial charge in [-0.25, -0.2) is 0 Å². The van der Waals surface area contributed by atoms with E-state index in [9.17, 15) is 0 Å². The van der Waals surface area contributed by atoms with Crippen molar-refractivity contribution in [3.05, 3.63) is 47.5 Å². The van der Waals surface area contributed by atoms with Crippen molar-refractivity contribution in [3.8, 4) is 11.1 Å². The first-order valence-corrected chi connectivity index (χ1v) is 9.82. The van der Waals surface area contributed by atoms with Crippen molar-refractivity contribution in [2.75, 3.05) is 30.4 Å². The topological polar surface area (TPSA) is 15.3 Å². The first-order chi connectivity index (χ1) is 12.2. The molecule has 1 aliphatic rings. The van der Waals surface area contributed by atoms with Gasteiger partial charge >= 0.3 is 0 Å². The Hall–Kier alpha value is -1.96. The minimum Gasteiger partial charge on any atom is -0.388 e. The molecule has 0 spiro atoms. The predicted octanol–water partition coefficient (Wildman–Crippen LogP) is 5.89. The second-order valence-electron chi connectivity index (χ2n) is 7.40. The Bertz CT molecular complexity index is 720. The summed E-state index contributed by atoms with van der Waals surface area (Å²) < 4.78 is 0. The summed E-state index contributed by atoms with van der Waals surface area (Å²) in [4.78, 5) is 2.64. The predicted molar refractivity (Wildman–Crippen MR) is 111 cm³/mol. The molecular weight excluding hydrogens is 304 g/mol. The van der Waals surface area contributed by atoms with Gasteiger partial charge in [-0.2, -0.15) is 0 Å². The summed E-state index contributed by atoms with van der Waals surface area (Å²) in [6.45, 7) is 9.21. The molecule has 3 rings (SSSR count). The Labute approximate surface area is 153 Å². The molecule has 2 aromatic carbocycles. The maximum atomic E-state index is 3.27. The van der Waals surface area contributed by atoms with Crippen LogP contribution < -0.4 is 10.2 Å². The molecule has 2 nitrogen and oxygen atoms in total. The molecule has 0 amide bonds. The monoisotopic (exact) mass is 336 g/mol. The van der Waals surface area contributed by atoms with Gasteiger partial charge in [-0.05, 0) is 66.1 Å². The van der Waals surface area contributed by atoms with Crippen LogP contribution in [-0.4, -0.2) is 20.1 Å². The highest BCUT2D eigenvalue weighted by Crippen LogP contribution is 2.36. The molecular formula is C23H32N2. The van der Waals surface area contributed by atoms with Gasteiger partial charge < -0.3 is 10.2 Å². The number of unbranched alkanes of at least 4 members (excludes halogenated alkanes) is 1. The highest BCUT2D eigenvalue weighted by atomic mass is 15.1. The van der Waals surface area contributed by atoms with Crippen LogP contribution in [0.15, 0.2) is 36.4 Å². The van der Waals surface area contributed by atoms with E-state index in [4.69, 9.17) is 0 Å². The SMILES string of the molecule is CCCCN1CC(CC)Cc2ccc(-c3cc(NC)ccc3C)cc21. The molecule has 1 heterocycles. The van der Waals surface area contributed by atoms with Crippen molar-refractivity contribution >= 4 is 11.4 Å². The van der Waals surface area contributed by atoms with Crippen molar-refractivity contribution in [1.29, 1.82) is 0 Å². The van der Waals surface area contributed by atoms with Crippen LogP contribution in [0.25, 0.3) is 11.1 Å². The van der Waals surface area contributed by atoms with Gasteiger partial charge in [0.05, 0.1) is 0 Å². The normalized spacial score (nSPS) is 16.6. The summed E-state index contributed by atoms with van der Waals surface area (Å²) >= 11 is 0. The molecule has 134 valence electrons. The molecule has 2 heteroatoms. The Balaban J connectivity index is 2.00. The second kappa shape index (κ2) is 7.95. The van der Waals surface area contributed by atoms with Gasteiger partial charge in [0.15, 0.2) is 0 Å². The summed E-state index contributed by atoms with van der Waals surface area (Å²) in [5.74, 6) is 0.796. The fraction of sp³-hybridized carbons (Fsp3) is 0.478. The maximum Gasteiger partial charge on any atom is 0.0405 e. The molecule has 2 aromatic rings. The molecule has 0 radical (unpaired) electrons. The molecule has 0 bridgehead atoms. The van der Waals surface area contributed by atoms with E-state index < -0.39 is 0 Å². The van der Waals surface area contributed by atoms with Crippen LogP contribution >= 0.6 is 0 Å². The number of rotatable bonds is 6. The molecule has 1 aliphatic heterocycles. The van der Waals surface area contributed by atoms with E-state index in [1.807, 2.05) is 7.05 Å². The second-order valence-corrected chi connectivity index (χ2v) is 7.40. The number of hydrogen-bond donors (Lipinski definition) is 1. The summed E-state index contributed by atoms with van der Waals surface area (Å²) in [7, 11) is 1.98. The third-order valence-corrected chi connectivity index (χ3v) is 5.61. The number of anilines is 2. The van der Waals surface area contributed by atoms with Gasteiger partial charge in [0.2, 0.25) is 0 Å². The van der Waals surface area contributed by atoms with Crippen molar-refractivity contribution < 1.29 is 0 Å². The number of hydrogen-bond acceptors (Lipinski definition) is 2. The van der Waals surface area contributed by atoms with Crippen LogP contribution in [0.5, 0.6) is 0 Å². The number of nitrogens with zero attached hydrogens (tertiary/aromatic N) is 1. The lowest BCUT2D eigenvalue weighted by atomic mass is 9.88. The number of fused-ring (bicyclic) bond motifs is 1. The summed E-state index contributed by atoms with van der Waals surface area (Å²) in [6.07, 6.45) is 5.03. The summed E-state index contributed by atoms with van der Waals surface area (Å²) in [6, 6.07) is 13.7. The Morgan fingerprint density at radius 1 is 1.12 bits per heavy atom. The zero-order chi connectivity index (χ0) is 17.8. The molecule has 0 saturated heterocycles. The van der Waals surface area contributed by atoms with Crippen LogP contribution in [0.2, 0.25) is 0 Å². The van der Waals surface area contributed by atoms with E-state index in [1.54, 1.807) is 0 Å². The maximum absolute atomic E-state index is 3.27. The smallest absolute Gasteiger partial charge is 0.0405 e. The Morgan fingerprint density at radius 2 is 1.96 bits per heavy atom. The molecule has 0 fully saturated rings. The third-order valence-electron chi connectivity index (χ3n) is 5.61. The standard InChI is InChI=1S/C23H32N2/c1-5-7-12-25-16-18(6-2)13-20-10-9-19(14-23(20)25)22-15-21(24-4)11-8-17(22)3/h8-11,14-15,18,24H,5-7,12-13,16H2,1-4H3. The van der Waals surface area contributed by atoms with Crippen LogP contribution in [0, 0.1) is 12.8 Å². The Kier molecular flexibility index (Phi) is 5.67. The van der Waals surface area contributed by atoms with Gasteiger partial charge in [0.25, 0.3) is 0 Å². The van der Waals surface area contributed by atoms with E-state index in [0.29, 0.717) is 0 Å². The van der Waals surface area contributed by atoms with Crippen LogP contribution in [0.3, 0.4) is 0 Å².